The largest absolute Gasteiger partial charge is 0.573 e. The lowest BCUT2D eigenvalue weighted by Crippen LogP contribution is -2.24. The average Bonchev–Trinajstić information content (AvgIpc) is 2.82. The Labute approximate surface area is 213 Å². The Morgan fingerprint density at radius 3 is 2.47 bits per heavy atom. The van der Waals surface area contributed by atoms with Gasteiger partial charge in [-0.25, -0.2) is 9.97 Å². The van der Waals surface area contributed by atoms with E-state index in [-0.39, 0.29) is 28.7 Å². The molecule has 2 N–H and O–H groups in total. The Kier molecular flexibility index (Phi) is 6.93. The Morgan fingerprint density at radius 1 is 1.08 bits per heavy atom. The molecule has 4 rings (SSSR count). The molecule has 2 aromatic carbocycles. The van der Waals surface area contributed by atoms with Crippen LogP contribution in [0.15, 0.2) is 59.7 Å². The smallest absolute Gasteiger partial charge is 0.504 e. The van der Waals surface area contributed by atoms with Gasteiger partial charge in [0, 0.05) is 5.56 Å². The van der Waals surface area contributed by atoms with Gasteiger partial charge in [0.15, 0.2) is 11.4 Å². The SMILES string of the molecule is O=C(Nc1cccc2ncn(Cc3ccccc3OC(F)(F)F)c(=O)c12)c1cc(Cl)c(O)c(C(F)(F)F)n1. The van der Waals surface area contributed by atoms with Crippen molar-refractivity contribution in [2.45, 2.75) is 19.1 Å². The van der Waals surface area contributed by atoms with Gasteiger partial charge >= 0.3 is 12.5 Å². The van der Waals surface area contributed by atoms with Crippen LogP contribution >= 0.6 is 11.6 Å². The highest BCUT2D eigenvalue weighted by atomic mass is 35.5. The van der Waals surface area contributed by atoms with Crippen LogP contribution in [-0.4, -0.2) is 31.9 Å². The number of benzene rings is 2. The number of nitrogens with one attached hydrogen (secondary N) is 1. The van der Waals surface area contributed by atoms with E-state index >= 15 is 0 Å². The summed E-state index contributed by atoms with van der Waals surface area (Å²) in [4.78, 5) is 33.2. The van der Waals surface area contributed by atoms with Crippen molar-refractivity contribution in [1.82, 2.24) is 14.5 Å². The quantitative estimate of drug-likeness (QED) is 0.319. The van der Waals surface area contributed by atoms with Gasteiger partial charge in [-0.3, -0.25) is 14.2 Å². The summed E-state index contributed by atoms with van der Waals surface area (Å²) in [5.41, 5.74) is -3.45. The summed E-state index contributed by atoms with van der Waals surface area (Å²) in [5, 5.41) is 10.9. The molecular formula is C23H13ClF6N4O4. The van der Waals surface area contributed by atoms with Gasteiger partial charge in [0.05, 0.1) is 34.5 Å². The predicted octanol–water partition coefficient (Wildman–Crippen LogP) is 5.37. The van der Waals surface area contributed by atoms with Gasteiger partial charge in [-0.2, -0.15) is 13.2 Å². The number of para-hydroxylation sites is 1. The topological polar surface area (TPSA) is 106 Å². The Bertz CT molecular complexity index is 1600. The summed E-state index contributed by atoms with van der Waals surface area (Å²) in [7, 11) is 0. The summed E-state index contributed by atoms with van der Waals surface area (Å²) in [6.07, 6.45) is -9.01. The van der Waals surface area contributed by atoms with E-state index in [4.69, 9.17) is 11.6 Å². The van der Waals surface area contributed by atoms with E-state index in [1.165, 1.54) is 36.4 Å². The first-order valence-corrected chi connectivity index (χ1v) is 10.7. The standard InChI is InChI=1S/C23H13ClF6N4O4/c24-12-8-15(32-19(18(12)35)22(25,26)27)20(36)33-14-6-3-5-13-17(14)21(37)34(10-31-13)9-11-4-1-2-7-16(11)38-23(28,29)30/h1-8,10,35H,9H2,(H,33,36). The molecule has 1 amide bonds. The molecule has 0 bridgehead atoms. The van der Waals surface area contributed by atoms with Crippen LogP contribution in [0.25, 0.3) is 10.9 Å². The maximum atomic E-state index is 13.2. The van der Waals surface area contributed by atoms with Crippen molar-refractivity contribution in [3.05, 3.63) is 87.2 Å². The molecule has 0 aliphatic carbocycles. The number of carbonyl (C=O) groups is 1. The molecular weight excluding hydrogens is 546 g/mol. The van der Waals surface area contributed by atoms with Crippen molar-refractivity contribution in [3.8, 4) is 11.5 Å². The van der Waals surface area contributed by atoms with E-state index < -0.39 is 51.9 Å². The molecule has 0 spiro atoms. The van der Waals surface area contributed by atoms with Gasteiger partial charge in [-0.1, -0.05) is 35.9 Å². The number of rotatable bonds is 5. The molecule has 2 aromatic heterocycles. The second-order valence-electron chi connectivity index (χ2n) is 7.67. The number of fused-ring (bicyclic) bond motifs is 1. The molecule has 15 heteroatoms. The highest BCUT2D eigenvalue weighted by Crippen LogP contribution is 2.38. The van der Waals surface area contributed by atoms with Gasteiger partial charge in [-0.05, 0) is 24.3 Å². The first-order valence-electron chi connectivity index (χ1n) is 10.3. The molecule has 0 aliphatic heterocycles. The van der Waals surface area contributed by atoms with Crippen LogP contribution in [-0.2, 0) is 12.7 Å². The second kappa shape index (κ2) is 9.85. The number of amides is 1. The molecule has 4 aromatic rings. The molecule has 0 radical (unpaired) electrons. The third-order valence-corrected chi connectivity index (χ3v) is 5.38. The van der Waals surface area contributed by atoms with Crippen molar-refractivity contribution in [2.24, 2.45) is 0 Å². The molecule has 0 saturated heterocycles. The minimum Gasteiger partial charge on any atom is -0.504 e. The number of pyridine rings is 1. The molecule has 8 nitrogen and oxygen atoms in total. The molecule has 0 fully saturated rings. The number of ether oxygens (including phenoxy) is 1. The number of halogens is 7. The number of alkyl halides is 6. The number of aromatic nitrogens is 3. The number of hydrogen-bond donors (Lipinski definition) is 2. The van der Waals surface area contributed by atoms with Crippen molar-refractivity contribution in [1.29, 1.82) is 0 Å². The van der Waals surface area contributed by atoms with Crippen LogP contribution in [0, 0.1) is 0 Å². The highest BCUT2D eigenvalue weighted by Gasteiger charge is 2.38. The summed E-state index contributed by atoms with van der Waals surface area (Å²) in [5.74, 6) is -3.09. The second-order valence-corrected chi connectivity index (χ2v) is 8.08. The normalized spacial score (nSPS) is 12.0. The number of carbonyl (C=O) groups excluding carboxylic acids is 1. The van der Waals surface area contributed by atoms with E-state index in [0.29, 0.717) is 6.07 Å². The lowest BCUT2D eigenvalue weighted by atomic mass is 10.1. The maximum absolute atomic E-state index is 13.2. The molecule has 198 valence electrons. The number of hydrogen-bond acceptors (Lipinski definition) is 6. The van der Waals surface area contributed by atoms with E-state index in [1.807, 2.05) is 0 Å². The molecule has 0 atom stereocenters. The number of nitrogens with zero attached hydrogens (tertiary/aromatic N) is 3. The summed E-state index contributed by atoms with van der Waals surface area (Å²) >= 11 is 5.63. The van der Waals surface area contributed by atoms with Crippen LogP contribution in [0.1, 0.15) is 21.7 Å². The van der Waals surface area contributed by atoms with E-state index in [0.717, 1.165) is 17.0 Å². The number of aromatic hydroxyl groups is 1. The molecule has 38 heavy (non-hydrogen) atoms. The zero-order chi connectivity index (χ0) is 27.8. The molecule has 0 saturated carbocycles. The van der Waals surface area contributed by atoms with Crippen LogP contribution in [0.3, 0.4) is 0 Å². The van der Waals surface area contributed by atoms with Crippen molar-refractivity contribution < 1.29 is 41.0 Å². The van der Waals surface area contributed by atoms with E-state index in [9.17, 15) is 41.0 Å². The predicted molar refractivity (Wildman–Crippen MR) is 122 cm³/mol. The van der Waals surface area contributed by atoms with Gasteiger partial charge < -0.3 is 15.2 Å². The van der Waals surface area contributed by atoms with Crippen LogP contribution in [0.4, 0.5) is 32.0 Å². The van der Waals surface area contributed by atoms with Gasteiger partial charge in [0.1, 0.15) is 11.4 Å². The van der Waals surface area contributed by atoms with Crippen LogP contribution in [0.5, 0.6) is 11.5 Å². The lowest BCUT2D eigenvalue weighted by Gasteiger charge is -2.15. The highest BCUT2D eigenvalue weighted by molar-refractivity contribution is 6.32. The fraction of sp³-hybridized carbons (Fsp3) is 0.130. The first kappa shape index (κ1) is 26.7. The Hall–Kier alpha value is -4.33. The fourth-order valence-corrected chi connectivity index (χ4v) is 3.66. The van der Waals surface area contributed by atoms with Crippen molar-refractivity contribution in [3.63, 3.8) is 0 Å². The molecule has 0 aliphatic rings. The Balaban J connectivity index is 1.72. The summed E-state index contributed by atoms with van der Waals surface area (Å²) in [6.45, 7) is -0.389. The molecule has 0 unspecified atom stereocenters. The van der Waals surface area contributed by atoms with Crippen LogP contribution in [0.2, 0.25) is 5.02 Å². The van der Waals surface area contributed by atoms with Gasteiger partial charge in [0.25, 0.3) is 11.5 Å². The monoisotopic (exact) mass is 558 g/mol. The zero-order valence-corrected chi connectivity index (χ0v) is 19.3. The molecule has 2 heterocycles. The van der Waals surface area contributed by atoms with Gasteiger partial charge in [-0.15, -0.1) is 13.2 Å². The van der Waals surface area contributed by atoms with Crippen molar-refractivity contribution in [2.75, 3.05) is 5.32 Å². The average molecular weight is 559 g/mol. The summed E-state index contributed by atoms with van der Waals surface area (Å²) in [6, 6.07) is 9.92. The maximum Gasteiger partial charge on any atom is 0.573 e. The lowest BCUT2D eigenvalue weighted by molar-refractivity contribution is -0.274. The fourth-order valence-electron chi connectivity index (χ4n) is 3.47. The third-order valence-electron chi connectivity index (χ3n) is 5.09. The zero-order valence-electron chi connectivity index (χ0n) is 18.6. The number of anilines is 1. The first-order chi connectivity index (χ1) is 17.7. The van der Waals surface area contributed by atoms with Crippen molar-refractivity contribution >= 4 is 34.1 Å². The summed E-state index contributed by atoms with van der Waals surface area (Å²) < 4.78 is 82.8. The van der Waals surface area contributed by atoms with E-state index in [1.54, 1.807) is 0 Å². The minimum atomic E-state index is -5.12. The van der Waals surface area contributed by atoms with E-state index in [2.05, 4.69) is 20.0 Å². The third kappa shape index (κ3) is 5.64. The Morgan fingerprint density at radius 2 is 1.79 bits per heavy atom. The van der Waals surface area contributed by atoms with Gasteiger partial charge in [0.2, 0.25) is 0 Å². The van der Waals surface area contributed by atoms with Crippen LogP contribution < -0.4 is 15.6 Å². The minimum absolute atomic E-state index is 0.00259.